The van der Waals surface area contributed by atoms with E-state index in [9.17, 15) is 4.79 Å². The van der Waals surface area contributed by atoms with E-state index in [1.54, 1.807) is 13.3 Å². The number of piperidine rings is 1. The van der Waals surface area contributed by atoms with Crippen LogP contribution in [0.1, 0.15) is 34.5 Å². The summed E-state index contributed by atoms with van der Waals surface area (Å²) < 4.78 is 11.0. The van der Waals surface area contributed by atoms with Gasteiger partial charge in [-0.05, 0) is 80.0 Å². The van der Waals surface area contributed by atoms with E-state index in [1.807, 2.05) is 54.6 Å². The molecule has 2 heterocycles. The van der Waals surface area contributed by atoms with Crippen LogP contribution in [0, 0.1) is 5.92 Å². The summed E-state index contributed by atoms with van der Waals surface area (Å²) in [5.41, 5.74) is 2.95. The highest BCUT2D eigenvalue weighted by Crippen LogP contribution is 2.24. The van der Waals surface area contributed by atoms with E-state index in [4.69, 9.17) is 9.47 Å². The van der Waals surface area contributed by atoms with Crippen LogP contribution in [0.5, 0.6) is 11.5 Å². The first kappa shape index (κ1) is 21.1. The molecule has 5 heteroatoms. The monoisotopic (exact) mass is 416 g/mol. The maximum Gasteiger partial charge on any atom is 0.166 e. The molecule has 3 aromatic rings. The first-order valence-electron chi connectivity index (χ1n) is 10.7. The smallest absolute Gasteiger partial charge is 0.166 e. The van der Waals surface area contributed by atoms with Crippen LogP contribution in [0.2, 0.25) is 0 Å². The van der Waals surface area contributed by atoms with Crippen LogP contribution in [-0.4, -0.2) is 35.9 Å². The number of carbonyl (C=O) groups excluding carboxylic acids is 1. The fraction of sp³-hybridized carbons (Fsp3) is 0.308. The molecule has 0 unspecified atom stereocenters. The van der Waals surface area contributed by atoms with Crippen molar-refractivity contribution in [1.29, 1.82) is 0 Å². The van der Waals surface area contributed by atoms with E-state index in [0.717, 1.165) is 55.2 Å². The molecule has 0 bridgehead atoms. The molecule has 1 aromatic heterocycles. The summed E-state index contributed by atoms with van der Waals surface area (Å²) in [6.07, 6.45) is 3.57. The third kappa shape index (κ3) is 5.70. The van der Waals surface area contributed by atoms with Crippen molar-refractivity contribution < 1.29 is 14.3 Å². The lowest BCUT2D eigenvalue weighted by molar-refractivity contribution is 0.0835. The lowest BCUT2D eigenvalue weighted by Crippen LogP contribution is -2.35. The van der Waals surface area contributed by atoms with Crippen molar-refractivity contribution >= 4 is 5.78 Å². The zero-order valence-electron chi connectivity index (χ0n) is 17.9. The number of rotatable bonds is 8. The van der Waals surface area contributed by atoms with Gasteiger partial charge in [0.25, 0.3) is 0 Å². The van der Waals surface area contributed by atoms with Gasteiger partial charge >= 0.3 is 0 Å². The van der Waals surface area contributed by atoms with Crippen LogP contribution in [0.15, 0.2) is 72.9 Å². The number of likely N-dealkylation sites (tertiary alicyclic amines) is 1. The van der Waals surface area contributed by atoms with Crippen LogP contribution in [0.3, 0.4) is 0 Å². The zero-order valence-corrected chi connectivity index (χ0v) is 17.9. The van der Waals surface area contributed by atoms with E-state index in [1.165, 1.54) is 5.56 Å². The standard InChI is InChI=1S/C26H28N2O3/c1-30-24-11-7-21(8-12-24)26(29)22-13-16-28(17-14-22)18-20-5-9-25(10-6-20)31-19-23-4-2-3-15-27-23/h2-12,15,22H,13-14,16-19H2,1H3. The highest BCUT2D eigenvalue weighted by molar-refractivity contribution is 5.98. The predicted octanol–water partition coefficient (Wildman–Crippen LogP) is 4.76. The van der Waals surface area contributed by atoms with Gasteiger partial charge in [-0.25, -0.2) is 0 Å². The molecule has 1 saturated heterocycles. The first-order chi connectivity index (χ1) is 15.2. The molecule has 0 spiro atoms. The van der Waals surface area contributed by atoms with Gasteiger partial charge in [0.15, 0.2) is 5.78 Å². The van der Waals surface area contributed by atoms with Gasteiger partial charge in [0.1, 0.15) is 18.1 Å². The molecule has 1 fully saturated rings. The number of ether oxygens (including phenoxy) is 2. The molecule has 0 amide bonds. The van der Waals surface area contributed by atoms with Gasteiger partial charge in [-0.2, -0.15) is 0 Å². The number of Topliss-reactive ketones (excluding diaryl/α,β-unsaturated/α-hetero) is 1. The summed E-state index contributed by atoms with van der Waals surface area (Å²) >= 11 is 0. The second kappa shape index (κ2) is 10.2. The minimum absolute atomic E-state index is 0.104. The molecule has 2 aromatic carbocycles. The molecule has 0 atom stereocenters. The highest BCUT2D eigenvalue weighted by atomic mass is 16.5. The maximum atomic E-state index is 12.8. The summed E-state index contributed by atoms with van der Waals surface area (Å²) in [4.78, 5) is 19.5. The number of hydrogen-bond acceptors (Lipinski definition) is 5. The number of carbonyl (C=O) groups is 1. The Morgan fingerprint density at radius 2 is 1.68 bits per heavy atom. The van der Waals surface area contributed by atoms with E-state index < -0.39 is 0 Å². The van der Waals surface area contributed by atoms with Gasteiger partial charge in [-0.1, -0.05) is 18.2 Å². The SMILES string of the molecule is COc1ccc(C(=O)C2CCN(Cc3ccc(OCc4ccccn4)cc3)CC2)cc1. The molecular weight excluding hydrogens is 388 g/mol. The van der Waals surface area contributed by atoms with Gasteiger partial charge in [-0.3, -0.25) is 14.7 Å². The zero-order chi connectivity index (χ0) is 21.5. The second-order valence-electron chi connectivity index (χ2n) is 7.90. The Balaban J connectivity index is 1.24. The molecule has 1 aliphatic heterocycles. The van der Waals surface area contributed by atoms with Gasteiger partial charge < -0.3 is 9.47 Å². The summed E-state index contributed by atoms with van der Waals surface area (Å²) in [6, 6.07) is 21.5. The molecule has 0 saturated carbocycles. The molecule has 1 aliphatic rings. The van der Waals surface area contributed by atoms with Crippen LogP contribution >= 0.6 is 0 Å². The maximum absolute atomic E-state index is 12.8. The summed E-state index contributed by atoms with van der Waals surface area (Å²) in [5.74, 6) is 1.97. The quantitative estimate of drug-likeness (QED) is 0.496. The van der Waals surface area contributed by atoms with E-state index in [2.05, 4.69) is 22.0 Å². The predicted molar refractivity (Wildman–Crippen MR) is 120 cm³/mol. The average Bonchev–Trinajstić information content (AvgIpc) is 2.84. The third-order valence-electron chi connectivity index (χ3n) is 5.78. The average molecular weight is 417 g/mol. The van der Waals surface area contributed by atoms with Gasteiger partial charge in [-0.15, -0.1) is 0 Å². The van der Waals surface area contributed by atoms with Crippen LogP contribution in [0.4, 0.5) is 0 Å². The minimum Gasteiger partial charge on any atom is -0.497 e. The Morgan fingerprint density at radius 3 is 2.32 bits per heavy atom. The minimum atomic E-state index is 0.104. The molecule has 0 N–H and O–H groups in total. The number of pyridine rings is 1. The van der Waals surface area contributed by atoms with E-state index >= 15 is 0 Å². The van der Waals surface area contributed by atoms with E-state index in [-0.39, 0.29) is 11.7 Å². The van der Waals surface area contributed by atoms with Crippen molar-refractivity contribution in [3.8, 4) is 11.5 Å². The summed E-state index contributed by atoms with van der Waals surface area (Å²) in [7, 11) is 1.63. The molecule has 0 radical (unpaired) electrons. The van der Waals surface area contributed by atoms with Crippen molar-refractivity contribution in [2.45, 2.75) is 26.0 Å². The molecule has 0 aliphatic carbocycles. The largest absolute Gasteiger partial charge is 0.497 e. The van der Waals surface area contributed by atoms with Crippen molar-refractivity contribution in [3.05, 3.63) is 89.7 Å². The van der Waals surface area contributed by atoms with Crippen LogP contribution in [0.25, 0.3) is 0 Å². The Morgan fingerprint density at radius 1 is 0.968 bits per heavy atom. The van der Waals surface area contributed by atoms with Crippen molar-refractivity contribution in [1.82, 2.24) is 9.88 Å². The van der Waals surface area contributed by atoms with Gasteiger partial charge in [0, 0.05) is 24.2 Å². The topological polar surface area (TPSA) is 51.7 Å². The van der Waals surface area contributed by atoms with Crippen molar-refractivity contribution in [2.75, 3.05) is 20.2 Å². The Hall–Kier alpha value is -3.18. The van der Waals surface area contributed by atoms with Crippen LogP contribution in [-0.2, 0) is 13.2 Å². The lowest BCUT2D eigenvalue weighted by atomic mass is 9.88. The fourth-order valence-corrected chi connectivity index (χ4v) is 3.93. The number of hydrogen-bond donors (Lipinski definition) is 0. The van der Waals surface area contributed by atoms with Crippen molar-refractivity contribution in [2.24, 2.45) is 5.92 Å². The fourth-order valence-electron chi connectivity index (χ4n) is 3.93. The summed E-state index contributed by atoms with van der Waals surface area (Å²) in [5, 5.41) is 0. The number of methoxy groups -OCH3 is 1. The summed E-state index contributed by atoms with van der Waals surface area (Å²) in [6.45, 7) is 3.23. The number of ketones is 1. The Bertz CT molecular complexity index is 964. The molecule has 5 nitrogen and oxygen atoms in total. The highest BCUT2D eigenvalue weighted by Gasteiger charge is 2.25. The molecule has 4 rings (SSSR count). The van der Waals surface area contributed by atoms with Gasteiger partial charge in [0.05, 0.1) is 12.8 Å². The number of benzene rings is 2. The van der Waals surface area contributed by atoms with E-state index in [0.29, 0.717) is 6.61 Å². The Labute approximate surface area is 183 Å². The first-order valence-corrected chi connectivity index (χ1v) is 10.7. The van der Waals surface area contributed by atoms with Crippen LogP contribution < -0.4 is 9.47 Å². The third-order valence-corrected chi connectivity index (χ3v) is 5.78. The molecular formula is C26H28N2O3. The normalized spacial score (nSPS) is 14.9. The number of nitrogens with zero attached hydrogens (tertiary/aromatic N) is 2. The molecule has 160 valence electrons. The van der Waals surface area contributed by atoms with Crippen molar-refractivity contribution in [3.63, 3.8) is 0 Å². The Kier molecular flexibility index (Phi) is 6.95. The van der Waals surface area contributed by atoms with Gasteiger partial charge in [0.2, 0.25) is 0 Å². The molecule has 31 heavy (non-hydrogen) atoms. The lowest BCUT2D eigenvalue weighted by Gasteiger charge is -2.31. The second-order valence-corrected chi connectivity index (χ2v) is 7.90. The number of aromatic nitrogens is 1.